The zero-order chi connectivity index (χ0) is 19.2. The van der Waals surface area contributed by atoms with Crippen LogP contribution >= 0.6 is 0 Å². The van der Waals surface area contributed by atoms with Gasteiger partial charge in [0.05, 0.1) is 24.3 Å². The second-order valence-corrected chi connectivity index (χ2v) is 6.36. The first-order valence-corrected chi connectivity index (χ1v) is 8.59. The molecule has 0 spiro atoms. The van der Waals surface area contributed by atoms with Crippen LogP contribution in [0.1, 0.15) is 16.8 Å². The van der Waals surface area contributed by atoms with Gasteiger partial charge in [-0.1, -0.05) is 18.2 Å². The molecule has 0 aliphatic carbocycles. The third-order valence-corrected chi connectivity index (χ3v) is 4.29. The quantitative estimate of drug-likeness (QED) is 0.721. The first kappa shape index (κ1) is 18.9. The Kier molecular flexibility index (Phi) is 6.09. The molecule has 10 nitrogen and oxygen atoms in total. The molecule has 2 heterocycles. The van der Waals surface area contributed by atoms with Gasteiger partial charge in [-0.05, 0) is 17.7 Å². The van der Waals surface area contributed by atoms with Crippen LogP contribution in [0.5, 0.6) is 0 Å². The first-order chi connectivity index (χ1) is 13.1. The summed E-state index contributed by atoms with van der Waals surface area (Å²) in [7, 11) is 3.34. The van der Waals surface area contributed by atoms with Crippen molar-refractivity contribution < 1.29 is 19.1 Å². The van der Waals surface area contributed by atoms with Gasteiger partial charge in [0.15, 0.2) is 0 Å². The summed E-state index contributed by atoms with van der Waals surface area (Å²) in [4.78, 5) is 26.1. The molecule has 144 valence electrons. The van der Waals surface area contributed by atoms with Gasteiger partial charge in [0.2, 0.25) is 11.7 Å². The lowest BCUT2D eigenvalue weighted by atomic mass is 10.0. The number of carbonyl (C=O) groups is 2. The van der Waals surface area contributed by atoms with Crippen LogP contribution in [0, 0.1) is 0 Å². The highest BCUT2D eigenvalue weighted by Gasteiger charge is 2.29. The smallest absolute Gasteiger partial charge is 0.252 e. The summed E-state index contributed by atoms with van der Waals surface area (Å²) >= 11 is 0. The summed E-state index contributed by atoms with van der Waals surface area (Å²) in [5.41, 5.74) is 0.994. The van der Waals surface area contributed by atoms with Crippen LogP contribution in [0.25, 0.3) is 11.4 Å². The zero-order valence-corrected chi connectivity index (χ0v) is 15.2. The van der Waals surface area contributed by atoms with Gasteiger partial charge in [0.25, 0.3) is 5.91 Å². The predicted molar refractivity (Wildman–Crippen MR) is 94.7 cm³/mol. The first-order valence-electron chi connectivity index (χ1n) is 8.59. The molecular formula is C17H22N6O4. The van der Waals surface area contributed by atoms with E-state index in [2.05, 4.69) is 25.9 Å². The molecule has 2 atom stereocenters. The molecule has 0 unspecified atom stereocenters. The number of benzene rings is 1. The number of aromatic amines is 1. The van der Waals surface area contributed by atoms with Crippen molar-refractivity contribution in [2.75, 3.05) is 33.9 Å². The number of H-pyrrole nitrogens is 1. The number of carbonyl (C=O) groups excluding carboxylic acids is 2. The third kappa shape index (κ3) is 4.66. The molecule has 1 saturated heterocycles. The van der Waals surface area contributed by atoms with Crippen molar-refractivity contribution >= 4 is 11.8 Å². The van der Waals surface area contributed by atoms with Gasteiger partial charge >= 0.3 is 0 Å². The Morgan fingerprint density at radius 1 is 1.37 bits per heavy atom. The minimum atomic E-state index is -0.362. The Bertz CT molecular complexity index is 779. The van der Waals surface area contributed by atoms with Gasteiger partial charge in [-0.15, -0.1) is 10.2 Å². The number of hydrogen-bond donors (Lipinski definition) is 2. The molecule has 10 heteroatoms. The van der Waals surface area contributed by atoms with Crippen molar-refractivity contribution in [1.82, 2.24) is 30.8 Å². The molecule has 3 rings (SSSR count). The van der Waals surface area contributed by atoms with Crippen molar-refractivity contribution in [2.45, 2.75) is 18.6 Å². The molecule has 0 radical (unpaired) electrons. The lowest BCUT2D eigenvalue weighted by molar-refractivity contribution is -0.138. The second-order valence-electron chi connectivity index (χ2n) is 6.36. The van der Waals surface area contributed by atoms with Crippen molar-refractivity contribution in [3.8, 4) is 11.4 Å². The van der Waals surface area contributed by atoms with E-state index in [4.69, 9.17) is 9.47 Å². The SMILES string of the molecule is CN(C)C(=O)CO[C@@H]1CCOC[C@@H]1NC(=O)c1ccccc1-c1nn[nH]n1. The summed E-state index contributed by atoms with van der Waals surface area (Å²) in [5.74, 6) is -0.0857. The van der Waals surface area contributed by atoms with Crippen LogP contribution in [0.3, 0.4) is 0 Å². The summed E-state index contributed by atoms with van der Waals surface area (Å²) in [6.07, 6.45) is 0.293. The van der Waals surface area contributed by atoms with E-state index in [0.29, 0.717) is 36.6 Å². The van der Waals surface area contributed by atoms with E-state index in [0.717, 1.165) is 0 Å². The maximum atomic E-state index is 12.8. The van der Waals surface area contributed by atoms with Crippen molar-refractivity contribution in [3.63, 3.8) is 0 Å². The topological polar surface area (TPSA) is 122 Å². The number of nitrogens with zero attached hydrogens (tertiary/aromatic N) is 4. The van der Waals surface area contributed by atoms with E-state index in [1.165, 1.54) is 4.90 Å². The Morgan fingerprint density at radius 2 is 2.19 bits per heavy atom. The Hall–Kier alpha value is -2.85. The predicted octanol–water partition coefficient (Wildman–Crippen LogP) is -0.141. The fourth-order valence-electron chi connectivity index (χ4n) is 2.76. The molecule has 0 bridgehead atoms. The molecule has 1 aromatic heterocycles. The van der Waals surface area contributed by atoms with Gasteiger partial charge in [-0.25, -0.2) is 0 Å². The molecule has 27 heavy (non-hydrogen) atoms. The van der Waals surface area contributed by atoms with E-state index in [-0.39, 0.29) is 30.6 Å². The number of amides is 2. The summed E-state index contributed by atoms with van der Waals surface area (Å²) in [6, 6.07) is 6.64. The molecule has 0 saturated carbocycles. The summed E-state index contributed by atoms with van der Waals surface area (Å²) in [6.45, 7) is 0.799. The van der Waals surface area contributed by atoms with E-state index in [1.807, 2.05) is 0 Å². The van der Waals surface area contributed by atoms with Gasteiger partial charge in [0, 0.05) is 26.3 Å². The van der Waals surface area contributed by atoms with Gasteiger partial charge in [-0.2, -0.15) is 5.21 Å². The molecule has 2 N–H and O–H groups in total. The Morgan fingerprint density at radius 3 is 2.93 bits per heavy atom. The highest BCUT2D eigenvalue weighted by Crippen LogP contribution is 2.20. The van der Waals surface area contributed by atoms with Crippen LogP contribution in [-0.2, 0) is 14.3 Å². The molecule has 1 aliphatic rings. The van der Waals surface area contributed by atoms with E-state index in [9.17, 15) is 9.59 Å². The van der Waals surface area contributed by atoms with E-state index in [1.54, 1.807) is 38.4 Å². The highest BCUT2D eigenvalue weighted by atomic mass is 16.5. The lowest BCUT2D eigenvalue weighted by Gasteiger charge is -2.32. The number of ether oxygens (including phenoxy) is 2. The monoisotopic (exact) mass is 374 g/mol. The zero-order valence-electron chi connectivity index (χ0n) is 15.2. The van der Waals surface area contributed by atoms with E-state index >= 15 is 0 Å². The Balaban J connectivity index is 1.70. The fraction of sp³-hybridized carbons (Fsp3) is 0.471. The lowest BCUT2D eigenvalue weighted by Crippen LogP contribution is -2.51. The van der Waals surface area contributed by atoms with Crippen LogP contribution in [0.4, 0.5) is 0 Å². The number of tetrazole rings is 1. The number of aromatic nitrogens is 4. The van der Waals surface area contributed by atoms with Crippen LogP contribution in [0.15, 0.2) is 24.3 Å². The minimum Gasteiger partial charge on any atom is -0.379 e. The maximum absolute atomic E-state index is 12.8. The van der Waals surface area contributed by atoms with Crippen LogP contribution in [-0.4, -0.2) is 83.4 Å². The van der Waals surface area contributed by atoms with Gasteiger partial charge in [-0.3, -0.25) is 9.59 Å². The highest BCUT2D eigenvalue weighted by molar-refractivity contribution is 6.00. The maximum Gasteiger partial charge on any atom is 0.252 e. The van der Waals surface area contributed by atoms with Gasteiger partial charge in [0.1, 0.15) is 6.61 Å². The number of nitrogens with one attached hydrogen (secondary N) is 2. The summed E-state index contributed by atoms with van der Waals surface area (Å²) in [5, 5.41) is 16.7. The van der Waals surface area contributed by atoms with Crippen LogP contribution in [0.2, 0.25) is 0 Å². The largest absolute Gasteiger partial charge is 0.379 e. The molecular weight excluding hydrogens is 352 g/mol. The normalized spacial score (nSPS) is 19.5. The number of likely N-dealkylation sites (N-methyl/N-ethyl adjacent to an activating group) is 1. The average Bonchev–Trinajstić information content (AvgIpc) is 3.21. The third-order valence-electron chi connectivity index (χ3n) is 4.29. The Labute approximate surface area is 156 Å². The summed E-state index contributed by atoms with van der Waals surface area (Å²) < 4.78 is 11.2. The van der Waals surface area contributed by atoms with Crippen molar-refractivity contribution in [3.05, 3.63) is 29.8 Å². The molecule has 1 aromatic carbocycles. The minimum absolute atomic E-state index is 0.0382. The van der Waals surface area contributed by atoms with E-state index < -0.39 is 0 Å². The van der Waals surface area contributed by atoms with Crippen molar-refractivity contribution in [2.24, 2.45) is 0 Å². The molecule has 2 aromatic rings. The van der Waals surface area contributed by atoms with Gasteiger partial charge < -0.3 is 19.7 Å². The average molecular weight is 374 g/mol. The molecule has 1 aliphatic heterocycles. The molecule has 2 amide bonds. The second kappa shape index (κ2) is 8.69. The van der Waals surface area contributed by atoms with Crippen LogP contribution < -0.4 is 5.32 Å². The van der Waals surface area contributed by atoms with Crippen molar-refractivity contribution in [1.29, 1.82) is 0 Å². The molecule has 1 fully saturated rings. The number of rotatable bonds is 6. The number of hydrogen-bond acceptors (Lipinski definition) is 7. The standard InChI is InChI=1S/C17H22N6O4/c1-23(2)15(24)10-27-14-7-8-26-9-13(14)18-17(25)12-6-4-3-5-11(12)16-19-21-22-20-16/h3-6,13-14H,7-10H2,1-2H3,(H,18,25)(H,19,20,21,22)/t13-,14+/m0/s1. The fourth-order valence-corrected chi connectivity index (χ4v) is 2.76.